The van der Waals surface area contributed by atoms with Gasteiger partial charge in [0, 0.05) is 23.9 Å². The highest BCUT2D eigenvalue weighted by Crippen LogP contribution is 2.30. The van der Waals surface area contributed by atoms with Crippen molar-refractivity contribution in [3.8, 4) is 17.0 Å². The van der Waals surface area contributed by atoms with Crippen LogP contribution in [0.3, 0.4) is 0 Å². The van der Waals surface area contributed by atoms with Crippen molar-refractivity contribution < 1.29 is 17.9 Å². The molecular weight excluding hydrogens is 416 g/mol. The van der Waals surface area contributed by atoms with Crippen LogP contribution in [0.15, 0.2) is 60.9 Å². The molecule has 1 aliphatic heterocycles. The molecule has 1 saturated heterocycles. The van der Waals surface area contributed by atoms with E-state index >= 15 is 0 Å². The van der Waals surface area contributed by atoms with Crippen molar-refractivity contribution in [2.24, 2.45) is 5.14 Å². The van der Waals surface area contributed by atoms with Crippen LogP contribution in [-0.4, -0.2) is 37.7 Å². The number of nitrogens with zero attached hydrogens (tertiary/aromatic N) is 2. The molecular formula is C22H24N4O4S. The van der Waals surface area contributed by atoms with Gasteiger partial charge in [0.1, 0.15) is 24.5 Å². The lowest BCUT2D eigenvalue weighted by Gasteiger charge is -2.15. The first-order chi connectivity index (χ1) is 15.0. The molecule has 8 nitrogen and oxygen atoms in total. The van der Waals surface area contributed by atoms with Gasteiger partial charge in [0.2, 0.25) is 10.0 Å². The number of aromatic nitrogens is 2. The summed E-state index contributed by atoms with van der Waals surface area (Å²) in [7, 11) is -3.60. The van der Waals surface area contributed by atoms with E-state index in [1.54, 1.807) is 18.2 Å². The molecule has 1 aromatic heterocycles. The highest BCUT2D eigenvalue weighted by atomic mass is 32.2. The lowest BCUT2D eigenvalue weighted by molar-refractivity contribution is 0.0681. The molecule has 1 unspecified atom stereocenters. The van der Waals surface area contributed by atoms with Crippen LogP contribution in [-0.2, 0) is 20.5 Å². The zero-order valence-electron chi connectivity index (χ0n) is 16.9. The lowest BCUT2D eigenvalue weighted by atomic mass is 10.1. The van der Waals surface area contributed by atoms with Crippen molar-refractivity contribution >= 4 is 21.5 Å². The van der Waals surface area contributed by atoms with Gasteiger partial charge in [-0.25, -0.2) is 23.5 Å². The Bertz CT molecular complexity index is 1150. The third-order valence-corrected chi connectivity index (χ3v) is 5.58. The normalized spacial score (nSPS) is 16.2. The number of hydrogen-bond donors (Lipinski definition) is 2. The minimum atomic E-state index is -3.60. The van der Waals surface area contributed by atoms with Crippen LogP contribution in [0.5, 0.6) is 5.75 Å². The van der Waals surface area contributed by atoms with E-state index in [4.69, 9.17) is 14.6 Å². The fourth-order valence-electron chi connectivity index (χ4n) is 3.45. The minimum Gasteiger partial charge on any atom is -0.490 e. The Balaban J connectivity index is 1.52. The molecule has 162 valence electrons. The van der Waals surface area contributed by atoms with Crippen molar-refractivity contribution in [1.82, 2.24) is 9.97 Å². The Morgan fingerprint density at radius 1 is 1.13 bits per heavy atom. The van der Waals surface area contributed by atoms with Gasteiger partial charge in [-0.3, -0.25) is 0 Å². The van der Waals surface area contributed by atoms with Gasteiger partial charge in [-0.05, 0) is 42.7 Å². The molecule has 0 amide bonds. The maximum Gasteiger partial charge on any atom is 0.213 e. The molecule has 0 saturated carbocycles. The Morgan fingerprint density at radius 3 is 2.81 bits per heavy atom. The van der Waals surface area contributed by atoms with E-state index in [0.29, 0.717) is 29.4 Å². The second-order valence-corrected chi connectivity index (χ2v) is 8.98. The van der Waals surface area contributed by atoms with Crippen LogP contribution in [0, 0.1) is 0 Å². The summed E-state index contributed by atoms with van der Waals surface area (Å²) in [6.45, 7) is 1.29. The van der Waals surface area contributed by atoms with E-state index < -0.39 is 10.0 Å². The van der Waals surface area contributed by atoms with Gasteiger partial charge in [0.15, 0.2) is 0 Å². The molecule has 1 atom stereocenters. The average molecular weight is 441 g/mol. The fourth-order valence-corrected chi connectivity index (χ4v) is 4.10. The van der Waals surface area contributed by atoms with Crippen LogP contribution in [0.1, 0.15) is 18.4 Å². The zero-order valence-corrected chi connectivity index (χ0v) is 17.7. The van der Waals surface area contributed by atoms with Crippen LogP contribution in [0.25, 0.3) is 11.3 Å². The van der Waals surface area contributed by atoms with Crippen LogP contribution in [0.4, 0.5) is 11.5 Å². The number of sulfonamides is 1. The quantitative estimate of drug-likeness (QED) is 0.552. The molecule has 3 N–H and O–H groups in total. The van der Waals surface area contributed by atoms with Gasteiger partial charge < -0.3 is 14.8 Å². The Kier molecular flexibility index (Phi) is 6.45. The molecule has 2 aromatic carbocycles. The topological polar surface area (TPSA) is 116 Å². The highest BCUT2D eigenvalue weighted by Gasteiger charge is 2.17. The highest BCUT2D eigenvalue weighted by molar-refractivity contribution is 7.88. The molecule has 0 bridgehead atoms. The minimum absolute atomic E-state index is 0.125. The first kappa shape index (κ1) is 21.2. The molecule has 1 aliphatic rings. The van der Waals surface area contributed by atoms with E-state index in [2.05, 4.69) is 15.3 Å². The first-order valence-corrected chi connectivity index (χ1v) is 11.7. The molecule has 3 aromatic rings. The monoisotopic (exact) mass is 440 g/mol. The summed E-state index contributed by atoms with van der Waals surface area (Å²) in [5.41, 5.74) is 2.86. The largest absolute Gasteiger partial charge is 0.490 e. The smallest absolute Gasteiger partial charge is 0.213 e. The predicted molar refractivity (Wildman–Crippen MR) is 118 cm³/mol. The third kappa shape index (κ3) is 6.00. The van der Waals surface area contributed by atoms with E-state index in [1.807, 2.05) is 36.4 Å². The van der Waals surface area contributed by atoms with Crippen molar-refractivity contribution in [2.75, 3.05) is 18.5 Å². The number of ether oxygens (including phenoxy) is 2. The molecule has 31 heavy (non-hydrogen) atoms. The number of para-hydroxylation sites is 1. The van der Waals surface area contributed by atoms with Gasteiger partial charge in [0.05, 0.1) is 17.6 Å². The van der Waals surface area contributed by atoms with Gasteiger partial charge >= 0.3 is 0 Å². The molecule has 9 heteroatoms. The van der Waals surface area contributed by atoms with Crippen LogP contribution in [0.2, 0.25) is 0 Å². The summed E-state index contributed by atoms with van der Waals surface area (Å²) < 4.78 is 34.4. The van der Waals surface area contributed by atoms with Crippen molar-refractivity contribution in [3.05, 3.63) is 66.5 Å². The molecule has 0 radical (unpaired) electrons. The number of benzene rings is 2. The fraction of sp³-hybridized carbons (Fsp3) is 0.273. The molecule has 4 rings (SSSR count). The standard InChI is InChI=1S/C22H24N4O4S/c23-31(27,28)14-16-5-3-6-17(11-16)26-22-12-20(24-15-25-22)19-8-1-2-9-21(19)30-13-18-7-4-10-29-18/h1-3,5-6,8-9,11-12,15,18H,4,7,10,13-14H2,(H2,23,27,28)(H,24,25,26). The summed E-state index contributed by atoms with van der Waals surface area (Å²) in [5.74, 6) is 1.08. The van der Waals surface area contributed by atoms with E-state index in [0.717, 1.165) is 30.8 Å². The summed E-state index contributed by atoms with van der Waals surface area (Å²) in [6.07, 6.45) is 3.67. The second-order valence-electron chi connectivity index (χ2n) is 7.36. The number of nitrogens with one attached hydrogen (secondary N) is 1. The molecule has 2 heterocycles. The van der Waals surface area contributed by atoms with E-state index in [-0.39, 0.29) is 11.9 Å². The Labute approximate surface area is 181 Å². The number of rotatable bonds is 8. The Morgan fingerprint density at radius 2 is 2.00 bits per heavy atom. The van der Waals surface area contributed by atoms with Crippen molar-refractivity contribution in [1.29, 1.82) is 0 Å². The summed E-state index contributed by atoms with van der Waals surface area (Å²) in [6, 6.07) is 16.6. The van der Waals surface area contributed by atoms with Crippen molar-refractivity contribution in [2.45, 2.75) is 24.7 Å². The SMILES string of the molecule is NS(=O)(=O)Cc1cccc(Nc2cc(-c3ccccc3OCC3CCCO3)ncn2)c1. The number of hydrogen-bond acceptors (Lipinski definition) is 7. The number of anilines is 2. The van der Waals surface area contributed by atoms with Gasteiger partial charge in [0.25, 0.3) is 0 Å². The second kappa shape index (κ2) is 9.42. The lowest BCUT2D eigenvalue weighted by Crippen LogP contribution is -2.16. The maximum absolute atomic E-state index is 11.4. The molecule has 1 fully saturated rings. The summed E-state index contributed by atoms with van der Waals surface area (Å²) in [4.78, 5) is 8.68. The molecule has 0 aliphatic carbocycles. The molecule has 0 spiro atoms. The third-order valence-electron chi connectivity index (χ3n) is 4.85. The number of nitrogens with two attached hydrogens (primary N) is 1. The predicted octanol–water partition coefficient (Wildman–Crippen LogP) is 3.23. The van der Waals surface area contributed by atoms with E-state index in [1.165, 1.54) is 6.33 Å². The zero-order chi connectivity index (χ0) is 21.7. The summed E-state index contributed by atoms with van der Waals surface area (Å²) >= 11 is 0. The van der Waals surface area contributed by atoms with Gasteiger partial charge in [-0.15, -0.1) is 0 Å². The van der Waals surface area contributed by atoms with E-state index in [9.17, 15) is 8.42 Å². The van der Waals surface area contributed by atoms with Crippen molar-refractivity contribution in [3.63, 3.8) is 0 Å². The first-order valence-electron chi connectivity index (χ1n) is 9.98. The van der Waals surface area contributed by atoms with Gasteiger partial charge in [-0.2, -0.15) is 0 Å². The van der Waals surface area contributed by atoms with Crippen LogP contribution >= 0.6 is 0 Å². The van der Waals surface area contributed by atoms with Crippen LogP contribution < -0.4 is 15.2 Å². The summed E-state index contributed by atoms with van der Waals surface area (Å²) in [5, 5.41) is 8.33. The number of primary sulfonamides is 1. The average Bonchev–Trinajstić information content (AvgIpc) is 3.25. The maximum atomic E-state index is 11.4. The van der Waals surface area contributed by atoms with Gasteiger partial charge in [-0.1, -0.05) is 24.3 Å². The Hall–Kier alpha value is -3.01.